The first-order chi connectivity index (χ1) is 4.37. The third-order valence-corrected chi connectivity index (χ3v) is 26.6. The molecular weight excluding hydrogens is 246 g/mol. The van der Waals surface area contributed by atoms with Crippen molar-refractivity contribution in [2.45, 2.75) is 25.9 Å². The zero-order valence-electron chi connectivity index (χ0n) is 5.93. The molecular formula is C4H10Cl4Si2. The van der Waals surface area contributed by atoms with Crippen molar-refractivity contribution in [2.24, 2.45) is 0 Å². The van der Waals surface area contributed by atoms with Gasteiger partial charge in [0.05, 0.1) is 0 Å². The molecule has 0 unspecified atom stereocenters. The van der Waals surface area contributed by atoms with E-state index in [2.05, 4.69) is 0 Å². The topological polar surface area (TPSA) is 0 Å². The van der Waals surface area contributed by atoms with Gasteiger partial charge < -0.3 is 0 Å². The Balaban J connectivity index is 4.33. The van der Waals surface area contributed by atoms with Gasteiger partial charge >= 0.3 is 5.52 Å². The number of rotatable bonds is 3. The minimum atomic E-state index is -2.59. The van der Waals surface area contributed by atoms with Crippen molar-refractivity contribution in [3.8, 4) is 0 Å². The van der Waals surface area contributed by atoms with Gasteiger partial charge in [0, 0.05) is 0 Å². The third-order valence-electron chi connectivity index (χ3n) is 1.63. The fourth-order valence-electron chi connectivity index (χ4n) is 0.651. The van der Waals surface area contributed by atoms with Crippen LogP contribution in [-0.2, 0) is 0 Å². The molecule has 0 N–H and O–H groups in total. The summed E-state index contributed by atoms with van der Waals surface area (Å²) in [6.45, 7) is 2.00. The van der Waals surface area contributed by atoms with E-state index in [0.717, 1.165) is 12.1 Å². The van der Waals surface area contributed by atoms with Crippen LogP contribution in [0.2, 0.25) is 12.1 Å². The quantitative estimate of drug-likeness (QED) is 0.530. The monoisotopic (exact) mass is 254 g/mol. The van der Waals surface area contributed by atoms with E-state index in [1.54, 1.807) is 0 Å². The fraction of sp³-hybridized carbons (Fsp3) is 1.00. The molecule has 0 aliphatic rings. The normalized spacial score (nSPS) is 13.8. The van der Waals surface area contributed by atoms with Crippen LogP contribution in [0.3, 0.4) is 0 Å². The summed E-state index contributed by atoms with van der Waals surface area (Å²) < 4.78 is 0. The number of hydrogen-bond donors (Lipinski definition) is 0. The lowest BCUT2D eigenvalue weighted by atomic mass is 11.0. The molecule has 0 aromatic rings. The molecule has 0 bridgehead atoms. The van der Waals surface area contributed by atoms with Gasteiger partial charge in [0.15, 0.2) is 6.90 Å². The van der Waals surface area contributed by atoms with Crippen LogP contribution in [0.15, 0.2) is 0 Å². The van der Waals surface area contributed by atoms with Crippen LogP contribution in [0.1, 0.15) is 13.8 Å². The summed E-state index contributed by atoms with van der Waals surface area (Å²) in [5, 5.41) is 0. The Morgan fingerprint density at radius 1 is 0.900 bits per heavy atom. The van der Waals surface area contributed by atoms with Crippen molar-refractivity contribution < 1.29 is 0 Å². The Bertz CT molecular complexity index is 106. The Hall–Kier alpha value is 1.59. The van der Waals surface area contributed by atoms with Crippen molar-refractivity contribution in [3.63, 3.8) is 0 Å². The van der Waals surface area contributed by atoms with E-state index >= 15 is 0 Å². The van der Waals surface area contributed by atoms with Gasteiger partial charge in [-0.1, -0.05) is 13.8 Å². The fourth-order valence-corrected chi connectivity index (χ4v) is 11.6. The van der Waals surface area contributed by atoms with Gasteiger partial charge in [-0.25, -0.2) is 0 Å². The van der Waals surface area contributed by atoms with Crippen molar-refractivity contribution in [2.75, 3.05) is 0 Å². The summed E-state index contributed by atoms with van der Waals surface area (Å²) in [5.41, 5.74) is -2.59. The van der Waals surface area contributed by atoms with E-state index in [4.69, 9.17) is 44.3 Å². The summed E-state index contributed by atoms with van der Waals surface area (Å²) in [7, 11) is 0. The molecule has 0 saturated carbocycles. The van der Waals surface area contributed by atoms with Crippen molar-refractivity contribution >= 4 is 56.7 Å². The SMILES string of the molecule is CC[Si](Cl)(CC)[Si](Cl)(Cl)Cl. The molecule has 0 radical (unpaired) electrons. The van der Waals surface area contributed by atoms with E-state index in [-0.39, 0.29) is 0 Å². The molecule has 6 heteroatoms. The third kappa shape index (κ3) is 2.57. The van der Waals surface area contributed by atoms with Crippen LogP contribution in [0.25, 0.3) is 0 Å². The lowest BCUT2D eigenvalue weighted by Crippen LogP contribution is -2.46. The molecule has 62 valence electrons. The molecule has 0 saturated heterocycles. The Morgan fingerprint density at radius 2 is 1.20 bits per heavy atom. The highest BCUT2D eigenvalue weighted by Crippen LogP contribution is 2.39. The highest BCUT2D eigenvalue weighted by Gasteiger charge is 2.50. The summed E-state index contributed by atoms with van der Waals surface area (Å²) in [4.78, 5) is 0. The molecule has 0 aromatic heterocycles. The minimum Gasteiger partial charge on any atom is -0.166 e. The summed E-state index contributed by atoms with van der Waals surface area (Å²) >= 11 is 23.7. The van der Waals surface area contributed by atoms with Gasteiger partial charge in [0.2, 0.25) is 0 Å². The Kier molecular flexibility index (Phi) is 4.65. The van der Waals surface area contributed by atoms with E-state index in [9.17, 15) is 0 Å². The van der Waals surface area contributed by atoms with Gasteiger partial charge in [-0.3, -0.25) is 0 Å². The molecule has 0 rings (SSSR count). The Labute approximate surface area is 82.4 Å². The lowest BCUT2D eigenvalue weighted by molar-refractivity contribution is 1.33. The maximum absolute atomic E-state index is 6.19. The summed E-state index contributed by atoms with van der Waals surface area (Å²) in [6.07, 6.45) is 0. The standard InChI is InChI=1S/C4H10Cl4Si2/c1-3-9(5,4-2)10(6,7)8/h3-4H2,1-2H3. The van der Waals surface area contributed by atoms with Gasteiger partial charge in [0.25, 0.3) is 0 Å². The van der Waals surface area contributed by atoms with Crippen LogP contribution < -0.4 is 0 Å². The second-order valence-corrected chi connectivity index (χ2v) is 24.4. The second-order valence-electron chi connectivity index (χ2n) is 2.17. The molecule has 0 aliphatic heterocycles. The van der Waals surface area contributed by atoms with E-state index in [1.165, 1.54) is 0 Å². The molecule has 0 spiro atoms. The van der Waals surface area contributed by atoms with Crippen LogP contribution >= 0.6 is 44.3 Å². The van der Waals surface area contributed by atoms with E-state index in [0.29, 0.717) is 0 Å². The highest BCUT2D eigenvalue weighted by molar-refractivity contribution is 7.95. The maximum atomic E-state index is 6.19. The lowest BCUT2D eigenvalue weighted by Gasteiger charge is -2.26. The minimum absolute atomic E-state index is 0.855. The Morgan fingerprint density at radius 3 is 1.20 bits per heavy atom. The molecule has 0 aliphatic carbocycles. The molecule has 0 nitrogen and oxygen atoms in total. The van der Waals surface area contributed by atoms with Gasteiger partial charge in [-0.15, -0.1) is 33.2 Å². The maximum Gasteiger partial charge on any atom is 0.341 e. The predicted octanol–water partition coefficient (Wildman–Crippen LogP) is 3.94. The molecule has 0 heterocycles. The zero-order valence-corrected chi connectivity index (χ0v) is 10.9. The molecule has 0 aromatic carbocycles. The van der Waals surface area contributed by atoms with Crippen molar-refractivity contribution in [1.82, 2.24) is 0 Å². The smallest absolute Gasteiger partial charge is 0.166 e. The first kappa shape index (κ1) is 11.6. The molecule has 10 heavy (non-hydrogen) atoms. The zero-order chi connectivity index (χ0) is 8.41. The average Bonchev–Trinajstić information content (AvgIpc) is 1.84. The van der Waals surface area contributed by atoms with E-state index in [1.807, 2.05) is 13.8 Å². The number of hydrogen-bond acceptors (Lipinski definition) is 0. The molecule has 0 fully saturated rings. The largest absolute Gasteiger partial charge is 0.341 e. The average molecular weight is 256 g/mol. The summed E-state index contributed by atoms with van der Waals surface area (Å²) in [6, 6.07) is 1.71. The van der Waals surface area contributed by atoms with Crippen LogP contribution in [0.4, 0.5) is 0 Å². The first-order valence-electron chi connectivity index (χ1n) is 3.13. The van der Waals surface area contributed by atoms with Crippen LogP contribution in [0, 0.1) is 0 Å². The van der Waals surface area contributed by atoms with Crippen LogP contribution in [0.5, 0.6) is 0 Å². The highest BCUT2D eigenvalue weighted by atomic mass is 35.9. The van der Waals surface area contributed by atoms with Gasteiger partial charge in [-0.2, -0.15) is 11.1 Å². The molecule has 0 atom stereocenters. The van der Waals surface area contributed by atoms with Gasteiger partial charge in [0.1, 0.15) is 0 Å². The van der Waals surface area contributed by atoms with E-state index < -0.39 is 12.4 Å². The van der Waals surface area contributed by atoms with Crippen molar-refractivity contribution in [3.05, 3.63) is 0 Å². The first-order valence-corrected chi connectivity index (χ1v) is 12.6. The second kappa shape index (κ2) is 4.01. The summed E-state index contributed by atoms with van der Waals surface area (Å²) in [5.74, 6) is 0. The predicted molar refractivity (Wildman–Crippen MR) is 55.9 cm³/mol. The van der Waals surface area contributed by atoms with Gasteiger partial charge in [-0.05, 0) is 12.1 Å². The molecule has 0 amide bonds. The number of halogens is 4. The van der Waals surface area contributed by atoms with Crippen LogP contribution in [-0.4, -0.2) is 12.4 Å². The van der Waals surface area contributed by atoms with Crippen molar-refractivity contribution in [1.29, 1.82) is 0 Å².